The maximum Gasteiger partial charge on any atom is 0.246 e. The van der Waals surface area contributed by atoms with Gasteiger partial charge in [-0.05, 0) is 41.8 Å². The largest absolute Gasteiger partial charge is 0.486 e. The van der Waals surface area contributed by atoms with Gasteiger partial charge in [0, 0.05) is 38.8 Å². The fourth-order valence-corrected chi connectivity index (χ4v) is 3.59. The molecule has 2 heterocycles. The second kappa shape index (κ2) is 8.48. The van der Waals surface area contributed by atoms with Crippen LogP contribution in [0.15, 0.2) is 48.5 Å². The minimum Gasteiger partial charge on any atom is -0.486 e. The molecule has 1 amide bonds. The molecule has 0 atom stereocenters. The summed E-state index contributed by atoms with van der Waals surface area (Å²) in [5.74, 6) is 1.57. The molecule has 4 rings (SSSR count). The zero-order valence-corrected chi connectivity index (χ0v) is 16.3. The first-order chi connectivity index (χ1) is 13.7. The highest BCUT2D eigenvalue weighted by Gasteiger charge is 2.20. The molecule has 146 valence electrons. The summed E-state index contributed by atoms with van der Waals surface area (Å²) in [6.07, 6.45) is 3.50. The van der Waals surface area contributed by atoms with Crippen LogP contribution < -0.4 is 9.47 Å². The Morgan fingerprint density at radius 2 is 1.75 bits per heavy atom. The monoisotopic (exact) mass is 378 g/mol. The summed E-state index contributed by atoms with van der Waals surface area (Å²) in [7, 11) is 0. The third-order valence-corrected chi connectivity index (χ3v) is 5.32. The minimum absolute atomic E-state index is 0.0606. The number of carbonyl (C=O) groups excluding carboxylic acids is 1. The normalized spacial score (nSPS) is 17.1. The number of hydrogen-bond acceptors (Lipinski definition) is 4. The molecule has 0 N–H and O–H groups in total. The lowest BCUT2D eigenvalue weighted by atomic mass is 10.1. The summed E-state index contributed by atoms with van der Waals surface area (Å²) in [5.41, 5.74) is 3.62. The van der Waals surface area contributed by atoms with Crippen LogP contribution >= 0.6 is 0 Å². The van der Waals surface area contributed by atoms with Crippen LogP contribution in [0.25, 0.3) is 6.08 Å². The summed E-state index contributed by atoms with van der Waals surface area (Å²) < 4.78 is 11.1. The van der Waals surface area contributed by atoms with E-state index in [4.69, 9.17) is 9.47 Å². The van der Waals surface area contributed by atoms with E-state index >= 15 is 0 Å². The molecule has 0 bridgehead atoms. The smallest absolute Gasteiger partial charge is 0.246 e. The van der Waals surface area contributed by atoms with Crippen LogP contribution in [0.3, 0.4) is 0 Å². The van der Waals surface area contributed by atoms with Crippen molar-refractivity contribution in [3.8, 4) is 11.5 Å². The van der Waals surface area contributed by atoms with Crippen LogP contribution in [0, 0.1) is 6.92 Å². The standard InChI is InChI=1S/C23H26N2O3/c1-18-4-2-3-5-20(18)17-24-10-12-25(13-11-24)23(26)9-7-19-6-8-21-22(16-19)28-15-14-27-21/h2-9,16H,10-15,17H2,1H3/b9-7+. The van der Waals surface area contributed by atoms with E-state index in [2.05, 4.69) is 36.1 Å². The number of rotatable bonds is 4. The fraction of sp³-hybridized carbons (Fsp3) is 0.348. The molecule has 2 aliphatic heterocycles. The van der Waals surface area contributed by atoms with Crippen LogP contribution in [0.2, 0.25) is 0 Å². The predicted molar refractivity (Wildman–Crippen MR) is 110 cm³/mol. The molecular formula is C23H26N2O3. The van der Waals surface area contributed by atoms with Gasteiger partial charge in [0.15, 0.2) is 11.5 Å². The Kier molecular flexibility index (Phi) is 5.63. The predicted octanol–water partition coefficient (Wildman–Crippen LogP) is 3.12. The average molecular weight is 378 g/mol. The Morgan fingerprint density at radius 3 is 2.54 bits per heavy atom. The average Bonchev–Trinajstić information content (AvgIpc) is 2.74. The lowest BCUT2D eigenvalue weighted by molar-refractivity contribution is -0.127. The lowest BCUT2D eigenvalue weighted by Gasteiger charge is -2.34. The van der Waals surface area contributed by atoms with Crippen molar-refractivity contribution in [2.75, 3.05) is 39.4 Å². The number of aryl methyl sites for hydroxylation is 1. The molecule has 28 heavy (non-hydrogen) atoms. The molecule has 0 aliphatic carbocycles. The molecule has 0 saturated carbocycles. The van der Waals surface area contributed by atoms with E-state index in [0.717, 1.165) is 49.8 Å². The number of fused-ring (bicyclic) bond motifs is 1. The molecule has 0 radical (unpaired) electrons. The summed E-state index contributed by atoms with van der Waals surface area (Å²) in [4.78, 5) is 16.9. The van der Waals surface area contributed by atoms with Crippen LogP contribution in [-0.4, -0.2) is 55.1 Å². The number of carbonyl (C=O) groups is 1. The molecule has 5 heteroatoms. The van der Waals surface area contributed by atoms with Gasteiger partial charge in [0.25, 0.3) is 0 Å². The van der Waals surface area contributed by atoms with Gasteiger partial charge in [0.2, 0.25) is 5.91 Å². The number of benzene rings is 2. The molecule has 0 aromatic heterocycles. The number of ether oxygens (including phenoxy) is 2. The van der Waals surface area contributed by atoms with Crippen LogP contribution in [0.4, 0.5) is 0 Å². The second-order valence-electron chi connectivity index (χ2n) is 7.26. The third kappa shape index (κ3) is 4.37. The summed E-state index contributed by atoms with van der Waals surface area (Å²) >= 11 is 0. The Labute approximate surface area is 166 Å². The van der Waals surface area contributed by atoms with E-state index in [-0.39, 0.29) is 5.91 Å². The van der Waals surface area contributed by atoms with Gasteiger partial charge in [-0.25, -0.2) is 0 Å². The number of amides is 1. The van der Waals surface area contributed by atoms with Crippen molar-refractivity contribution in [2.45, 2.75) is 13.5 Å². The topological polar surface area (TPSA) is 42.0 Å². The van der Waals surface area contributed by atoms with Crippen molar-refractivity contribution in [3.05, 3.63) is 65.2 Å². The fourth-order valence-electron chi connectivity index (χ4n) is 3.59. The maximum atomic E-state index is 12.5. The third-order valence-electron chi connectivity index (χ3n) is 5.32. The molecule has 1 saturated heterocycles. The second-order valence-corrected chi connectivity index (χ2v) is 7.26. The van der Waals surface area contributed by atoms with Gasteiger partial charge in [-0.3, -0.25) is 9.69 Å². The van der Waals surface area contributed by atoms with Gasteiger partial charge in [0.05, 0.1) is 0 Å². The van der Waals surface area contributed by atoms with E-state index < -0.39 is 0 Å². The molecule has 2 aromatic carbocycles. The van der Waals surface area contributed by atoms with Crippen molar-refractivity contribution in [3.63, 3.8) is 0 Å². The lowest BCUT2D eigenvalue weighted by Crippen LogP contribution is -2.47. The van der Waals surface area contributed by atoms with Crippen molar-refractivity contribution in [1.29, 1.82) is 0 Å². The van der Waals surface area contributed by atoms with Crippen molar-refractivity contribution < 1.29 is 14.3 Å². The zero-order valence-electron chi connectivity index (χ0n) is 16.3. The number of nitrogens with zero attached hydrogens (tertiary/aromatic N) is 2. The zero-order chi connectivity index (χ0) is 19.3. The quantitative estimate of drug-likeness (QED) is 0.767. The van der Waals surface area contributed by atoms with Gasteiger partial charge in [0.1, 0.15) is 13.2 Å². The molecule has 0 spiro atoms. The van der Waals surface area contributed by atoms with Crippen molar-refractivity contribution in [2.24, 2.45) is 0 Å². The van der Waals surface area contributed by atoms with Gasteiger partial charge < -0.3 is 14.4 Å². The first-order valence-corrected chi connectivity index (χ1v) is 9.82. The highest BCUT2D eigenvalue weighted by Crippen LogP contribution is 2.31. The number of hydrogen-bond donors (Lipinski definition) is 0. The molecular weight excluding hydrogens is 352 g/mol. The first kappa shape index (κ1) is 18.6. The maximum absolute atomic E-state index is 12.5. The molecule has 2 aromatic rings. The summed E-state index contributed by atoms with van der Waals surface area (Å²) in [6.45, 7) is 7.56. The van der Waals surface area contributed by atoms with Crippen LogP contribution in [0.5, 0.6) is 11.5 Å². The molecule has 1 fully saturated rings. The molecule has 0 unspecified atom stereocenters. The van der Waals surface area contributed by atoms with E-state index in [1.165, 1.54) is 11.1 Å². The van der Waals surface area contributed by atoms with Crippen molar-refractivity contribution in [1.82, 2.24) is 9.80 Å². The first-order valence-electron chi connectivity index (χ1n) is 9.82. The summed E-state index contributed by atoms with van der Waals surface area (Å²) in [6, 6.07) is 14.2. The van der Waals surface area contributed by atoms with Gasteiger partial charge in [-0.1, -0.05) is 30.3 Å². The Bertz CT molecular complexity index is 870. The summed E-state index contributed by atoms with van der Waals surface area (Å²) in [5, 5.41) is 0. The molecule has 2 aliphatic rings. The van der Waals surface area contributed by atoms with Gasteiger partial charge >= 0.3 is 0 Å². The Hall–Kier alpha value is -2.79. The minimum atomic E-state index is 0.0606. The van der Waals surface area contributed by atoms with Crippen molar-refractivity contribution >= 4 is 12.0 Å². The van der Waals surface area contributed by atoms with Gasteiger partial charge in [-0.15, -0.1) is 0 Å². The molecule has 5 nitrogen and oxygen atoms in total. The van der Waals surface area contributed by atoms with E-state index in [1.807, 2.05) is 29.2 Å². The highest BCUT2D eigenvalue weighted by molar-refractivity contribution is 5.92. The van der Waals surface area contributed by atoms with E-state index in [0.29, 0.717) is 13.2 Å². The SMILES string of the molecule is Cc1ccccc1CN1CCN(C(=O)/C=C/c2ccc3c(c2)OCCO3)CC1. The Morgan fingerprint density at radius 1 is 1.00 bits per heavy atom. The highest BCUT2D eigenvalue weighted by atomic mass is 16.6. The van der Waals surface area contributed by atoms with Gasteiger partial charge in [-0.2, -0.15) is 0 Å². The Balaban J connectivity index is 1.30. The van der Waals surface area contributed by atoms with Crippen LogP contribution in [-0.2, 0) is 11.3 Å². The van der Waals surface area contributed by atoms with Crippen LogP contribution in [0.1, 0.15) is 16.7 Å². The number of piperazine rings is 1. The van der Waals surface area contributed by atoms with E-state index in [9.17, 15) is 4.79 Å². The van der Waals surface area contributed by atoms with E-state index in [1.54, 1.807) is 6.08 Å².